The van der Waals surface area contributed by atoms with E-state index in [-0.39, 0.29) is 5.02 Å². The number of aromatic nitrogens is 3. The number of hydrogen-bond donors (Lipinski definition) is 1. The topological polar surface area (TPSA) is 57.2 Å². The molecule has 1 aliphatic heterocycles. The summed E-state index contributed by atoms with van der Waals surface area (Å²) < 4.78 is 13.2. The van der Waals surface area contributed by atoms with Gasteiger partial charge in [0.1, 0.15) is 5.82 Å². The molecule has 6 nitrogen and oxygen atoms in total. The van der Waals surface area contributed by atoms with Crippen LogP contribution in [0.3, 0.4) is 0 Å². The summed E-state index contributed by atoms with van der Waals surface area (Å²) in [5, 5.41) is 11.0. The standard InChI is InChI=1S/C14H16ClFN6/c1-21-4-6-22(7-5-21)13-9-17-20-14(19-13)18-10-2-3-12(16)11(15)8-10/h2-3,8-9H,4-7H2,1H3,(H,18,19,20). The van der Waals surface area contributed by atoms with E-state index in [1.54, 1.807) is 12.3 Å². The van der Waals surface area contributed by atoms with E-state index < -0.39 is 5.82 Å². The summed E-state index contributed by atoms with van der Waals surface area (Å²) in [6, 6.07) is 4.36. The van der Waals surface area contributed by atoms with Crippen LogP contribution in [0.4, 0.5) is 21.8 Å². The zero-order chi connectivity index (χ0) is 15.5. The van der Waals surface area contributed by atoms with Crippen molar-refractivity contribution in [2.75, 3.05) is 43.4 Å². The number of benzene rings is 1. The van der Waals surface area contributed by atoms with E-state index in [0.29, 0.717) is 11.6 Å². The lowest BCUT2D eigenvalue weighted by molar-refractivity contribution is 0.312. The van der Waals surface area contributed by atoms with Crippen molar-refractivity contribution in [3.05, 3.63) is 35.2 Å². The Hall–Kier alpha value is -1.99. The quantitative estimate of drug-likeness (QED) is 0.934. The van der Waals surface area contributed by atoms with Gasteiger partial charge in [-0.2, -0.15) is 10.1 Å². The van der Waals surface area contributed by atoms with Crippen molar-refractivity contribution in [1.82, 2.24) is 20.1 Å². The Bertz CT molecular complexity index is 660. The number of hydrogen-bond acceptors (Lipinski definition) is 6. The van der Waals surface area contributed by atoms with Gasteiger partial charge in [-0.25, -0.2) is 4.39 Å². The molecule has 1 fully saturated rings. The van der Waals surface area contributed by atoms with Gasteiger partial charge in [0, 0.05) is 31.9 Å². The van der Waals surface area contributed by atoms with Gasteiger partial charge >= 0.3 is 0 Å². The number of nitrogens with one attached hydrogen (secondary N) is 1. The SMILES string of the molecule is CN1CCN(c2cnnc(Nc3ccc(F)c(Cl)c3)n2)CC1. The summed E-state index contributed by atoms with van der Waals surface area (Å²) in [6.45, 7) is 3.77. The molecule has 0 amide bonds. The minimum Gasteiger partial charge on any atom is -0.353 e. The summed E-state index contributed by atoms with van der Waals surface area (Å²) in [6.07, 6.45) is 1.65. The molecule has 0 bridgehead atoms. The first-order valence-electron chi connectivity index (χ1n) is 6.97. The number of rotatable bonds is 3. The van der Waals surface area contributed by atoms with Crippen molar-refractivity contribution < 1.29 is 4.39 Å². The minimum absolute atomic E-state index is 0.0492. The van der Waals surface area contributed by atoms with Crippen LogP contribution in [0.1, 0.15) is 0 Å². The second-order valence-corrected chi connectivity index (χ2v) is 5.59. The Kier molecular flexibility index (Phi) is 4.35. The predicted octanol–water partition coefficient (Wildman–Crippen LogP) is 2.16. The van der Waals surface area contributed by atoms with Crippen LogP contribution in [0.25, 0.3) is 0 Å². The van der Waals surface area contributed by atoms with Gasteiger partial charge in [-0.05, 0) is 25.2 Å². The molecule has 2 aromatic rings. The monoisotopic (exact) mass is 322 g/mol. The summed E-state index contributed by atoms with van der Waals surface area (Å²) >= 11 is 5.76. The van der Waals surface area contributed by atoms with E-state index in [1.807, 2.05) is 0 Å². The highest BCUT2D eigenvalue weighted by molar-refractivity contribution is 6.31. The first-order chi connectivity index (χ1) is 10.6. The summed E-state index contributed by atoms with van der Waals surface area (Å²) in [7, 11) is 2.10. The maximum Gasteiger partial charge on any atom is 0.249 e. The molecule has 0 unspecified atom stereocenters. The molecular formula is C14H16ClFN6. The van der Waals surface area contributed by atoms with Gasteiger partial charge < -0.3 is 15.1 Å². The zero-order valence-corrected chi connectivity index (χ0v) is 12.9. The van der Waals surface area contributed by atoms with Crippen LogP contribution < -0.4 is 10.2 Å². The van der Waals surface area contributed by atoms with Gasteiger partial charge in [0.05, 0.1) is 11.2 Å². The lowest BCUT2D eigenvalue weighted by Crippen LogP contribution is -2.44. The molecule has 0 saturated carbocycles. The van der Waals surface area contributed by atoms with Crippen molar-refractivity contribution >= 4 is 29.1 Å². The maximum absolute atomic E-state index is 13.2. The van der Waals surface area contributed by atoms with Gasteiger partial charge in [0.2, 0.25) is 5.95 Å². The second-order valence-electron chi connectivity index (χ2n) is 5.18. The van der Waals surface area contributed by atoms with Gasteiger partial charge in [0.15, 0.2) is 5.82 Å². The Labute approximate surface area is 132 Å². The van der Waals surface area contributed by atoms with E-state index in [4.69, 9.17) is 11.6 Å². The van der Waals surface area contributed by atoms with Gasteiger partial charge in [0.25, 0.3) is 0 Å². The Morgan fingerprint density at radius 2 is 2.00 bits per heavy atom. The smallest absolute Gasteiger partial charge is 0.249 e. The largest absolute Gasteiger partial charge is 0.353 e. The van der Waals surface area contributed by atoms with Crippen molar-refractivity contribution in [2.45, 2.75) is 0 Å². The Balaban J connectivity index is 1.74. The summed E-state index contributed by atoms with van der Waals surface area (Å²) in [5.74, 6) is 0.676. The number of anilines is 3. The van der Waals surface area contributed by atoms with Crippen LogP contribution in [0.15, 0.2) is 24.4 Å². The van der Waals surface area contributed by atoms with E-state index in [1.165, 1.54) is 12.1 Å². The molecule has 8 heteroatoms. The third-order valence-electron chi connectivity index (χ3n) is 3.55. The number of likely N-dealkylation sites (N-methyl/N-ethyl adjacent to an activating group) is 1. The minimum atomic E-state index is -0.461. The van der Waals surface area contributed by atoms with Crippen LogP contribution in [0, 0.1) is 5.82 Å². The fourth-order valence-corrected chi connectivity index (χ4v) is 2.42. The molecule has 1 aromatic carbocycles. The molecule has 2 heterocycles. The maximum atomic E-state index is 13.2. The highest BCUT2D eigenvalue weighted by Gasteiger charge is 2.16. The lowest BCUT2D eigenvalue weighted by Gasteiger charge is -2.32. The fraction of sp³-hybridized carbons (Fsp3) is 0.357. The number of nitrogens with zero attached hydrogens (tertiary/aromatic N) is 5. The van der Waals surface area contributed by atoms with E-state index in [2.05, 4.69) is 37.3 Å². The second kappa shape index (κ2) is 6.41. The van der Waals surface area contributed by atoms with Crippen LogP contribution in [-0.4, -0.2) is 53.3 Å². The van der Waals surface area contributed by atoms with Crippen LogP contribution in [0.2, 0.25) is 5.02 Å². The number of piperazine rings is 1. The summed E-state index contributed by atoms with van der Waals surface area (Å²) in [4.78, 5) is 8.89. The molecule has 1 aromatic heterocycles. The van der Waals surface area contributed by atoms with E-state index in [9.17, 15) is 4.39 Å². The molecule has 22 heavy (non-hydrogen) atoms. The average Bonchev–Trinajstić information content (AvgIpc) is 2.52. The Morgan fingerprint density at radius 3 is 2.73 bits per heavy atom. The number of halogens is 2. The van der Waals surface area contributed by atoms with Crippen molar-refractivity contribution in [3.63, 3.8) is 0 Å². The molecule has 1 N–H and O–H groups in total. The zero-order valence-electron chi connectivity index (χ0n) is 12.1. The summed E-state index contributed by atoms with van der Waals surface area (Å²) in [5.41, 5.74) is 0.615. The first-order valence-corrected chi connectivity index (χ1v) is 7.35. The highest BCUT2D eigenvalue weighted by Crippen LogP contribution is 2.22. The highest BCUT2D eigenvalue weighted by atomic mass is 35.5. The lowest BCUT2D eigenvalue weighted by atomic mass is 10.3. The normalized spacial score (nSPS) is 15.9. The van der Waals surface area contributed by atoms with Gasteiger partial charge in [-0.3, -0.25) is 0 Å². The average molecular weight is 323 g/mol. The van der Waals surface area contributed by atoms with Crippen LogP contribution in [0.5, 0.6) is 0 Å². The van der Waals surface area contributed by atoms with Crippen LogP contribution >= 0.6 is 11.6 Å². The molecule has 0 spiro atoms. The molecular weight excluding hydrogens is 307 g/mol. The third-order valence-corrected chi connectivity index (χ3v) is 3.84. The predicted molar refractivity (Wildman–Crippen MR) is 84.2 cm³/mol. The van der Waals surface area contributed by atoms with Crippen molar-refractivity contribution in [1.29, 1.82) is 0 Å². The Morgan fingerprint density at radius 1 is 1.23 bits per heavy atom. The molecule has 0 aliphatic carbocycles. The molecule has 1 saturated heterocycles. The van der Waals surface area contributed by atoms with E-state index >= 15 is 0 Å². The molecule has 0 atom stereocenters. The first kappa shape index (κ1) is 14.9. The van der Waals surface area contributed by atoms with E-state index in [0.717, 1.165) is 32.0 Å². The van der Waals surface area contributed by atoms with Gasteiger partial charge in [-0.1, -0.05) is 11.6 Å². The van der Waals surface area contributed by atoms with Crippen molar-refractivity contribution in [3.8, 4) is 0 Å². The molecule has 116 valence electrons. The third kappa shape index (κ3) is 3.42. The molecule has 1 aliphatic rings. The molecule has 0 radical (unpaired) electrons. The fourth-order valence-electron chi connectivity index (χ4n) is 2.24. The van der Waals surface area contributed by atoms with Crippen LogP contribution in [-0.2, 0) is 0 Å². The van der Waals surface area contributed by atoms with Gasteiger partial charge in [-0.15, -0.1) is 5.10 Å². The molecule has 3 rings (SSSR count). The van der Waals surface area contributed by atoms with Crippen molar-refractivity contribution in [2.24, 2.45) is 0 Å².